The highest BCUT2D eigenvalue weighted by molar-refractivity contribution is 5.01. The summed E-state index contributed by atoms with van der Waals surface area (Å²) in [4.78, 5) is 0. The van der Waals surface area contributed by atoms with E-state index < -0.39 is 0 Å². The Bertz CT molecular complexity index is 132. The van der Waals surface area contributed by atoms with Crippen molar-refractivity contribution in [1.29, 1.82) is 0 Å². The zero-order valence-corrected chi connectivity index (χ0v) is 8.69. The normalized spacial score (nSPS) is 12.9. The summed E-state index contributed by atoms with van der Waals surface area (Å²) < 4.78 is 0. The monoisotopic (exact) mass is 170 g/mol. The number of hydrogen-bond acceptors (Lipinski definition) is 1. The fourth-order valence-corrected chi connectivity index (χ4v) is 1.17. The summed E-state index contributed by atoms with van der Waals surface area (Å²) in [6.07, 6.45) is 7.58. The van der Waals surface area contributed by atoms with Gasteiger partial charge in [0.25, 0.3) is 0 Å². The Balaban J connectivity index is 3.26. The van der Waals surface area contributed by atoms with Crippen LogP contribution in [0.3, 0.4) is 0 Å². The molecule has 12 heavy (non-hydrogen) atoms. The van der Waals surface area contributed by atoms with Crippen LogP contribution in [0.25, 0.3) is 0 Å². The van der Waals surface area contributed by atoms with Crippen molar-refractivity contribution in [3.63, 3.8) is 0 Å². The predicted molar refractivity (Wildman–Crippen MR) is 54.4 cm³/mol. The number of aliphatic hydroxyl groups is 1. The Hall–Kier alpha value is -0.460. The standard InChI is InChI=1S/C11H22O/c1-4-5-6-7-8-9-10(2)11(3)12/h12H,4-9H2,1-3H3. The van der Waals surface area contributed by atoms with Crippen LogP contribution in [0.2, 0.25) is 0 Å². The van der Waals surface area contributed by atoms with Gasteiger partial charge >= 0.3 is 0 Å². The highest BCUT2D eigenvalue weighted by Gasteiger charge is 1.94. The number of rotatable bonds is 6. The van der Waals surface area contributed by atoms with E-state index in [-0.39, 0.29) is 0 Å². The molecule has 0 aliphatic rings. The summed E-state index contributed by atoms with van der Waals surface area (Å²) in [7, 11) is 0. The first kappa shape index (κ1) is 11.5. The minimum absolute atomic E-state index is 0.505. The van der Waals surface area contributed by atoms with Crippen molar-refractivity contribution >= 4 is 0 Å². The molecule has 0 fully saturated rings. The van der Waals surface area contributed by atoms with Crippen LogP contribution in [0.1, 0.15) is 59.3 Å². The maximum absolute atomic E-state index is 9.10. The predicted octanol–water partition coefficient (Wildman–Crippen LogP) is 4.20. The zero-order chi connectivity index (χ0) is 9.40. The molecule has 0 radical (unpaired) electrons. The maximum atomic E-state index is 9.10. The van der Waals surface area contributed by atoms with Crippen molar-refractivity contribution < 1.29 is 5.11 Å². The lowest BCUT2D eigenvalue weighted by molar-refractivity contribution is 0.403. The highest BCUT2D eigenvalue weighted by Crippen LogP contribution is 2.12. The van der Waals surface area contributed by atoms with Crippen molar-refractivity contribution in [3.8, 4) is 0 Å². The smallest absolute Gasteiger partial charge is 0.0880 e. The fourth-order valence-electron chi connectivity index (χ4n) is 1.17. The lowest BCUT2D eigenvalue weighted by Gasteiger charge is -2.02. The molecule has 0 saturated heterocycles. The third kappa shape index (κ3) is 6.26. The lowest BCUT2D eigenvalue weighted by atomic mass is 10.1. The van der Waals surface area contributed by atoms with E-state index in [1.165, 1.54) is 32.1 Å². The summed E-state index contributed by atoms with van der Waals surface area (Å²) >= 11 is 0. The Morgan fingerprint density at radius 2 is 1.58 bits per heavy atom. The summed E-state index contributed by atoms with van der Waals surface area (Å²) in [6.45, 7) is 6.00. The van der Waals surface area contributed by atoms with Gasteiger partial charge in [0.15, 0.2) is 0 Å². The Kier molecular flexibility index (Phi) is 6.93. The fraction of sp³-hybridized carbons (Fsp3) is 0.818. The lowest BCUT2D eigenvalue weighted by Crippen LogP contribution is -1.84. The van der Waals surface area contributed by atoms with Crippen LogP contribution >= 0.6 is 0 Å². The van der Waals surface area contributed by atoms with Crippen LogP contribution in [0.4, 0.5) is 0 Å². The van der Waals surface area contributed by atoms with Crippen LogP contribution < -0.4 is 0 Å². The Labute approximate surface area is 76.5 Å². The molecule has 0 aromatic rings. The number of unbranched alkanes of at least 4 members (excludes halogenated alkanes) is 4. The van der Waals surface area contributed by atoms with Gasteiger partial charge in [0.1, 0.15) is 0 Å². The van der Waals surface area contributed by atoms with Crippen LogP contribution in [0.15, 0.2) is 11.3 Å². The van der Waals surface area contributed by atoms with Crippen LogP contribution in [-0.4, -0.2) is 5.11 Å². The molecule has 0 aliphatic carbocycles. The molecule has 72 valence electrons. The maximum Gasteiger partial charge on any atom is 0.0880 e. The number of allylic oxidation sites excluding steroid dienone is 2. The number of aliphatic hydroxyl groups excluding tert-OH is 1. The second kappa shape index (κ2) is 7.20. The molecule has 0 aromatic heterocycles. The first-order valence-corrected chi connectivity index (χ1v) is 5.03. The molecule has 0 rings (SSSR count). The van der Waals surface area contributed by atoms with Crippen molar-refractivity contribution in [3.05, 3.63) is 11.3 Å². The summed E-state index contributed by atoms with van der Waals surface area (Å²) in [5.41, 5.74) is 1.14. The van der Waals surface area contributed by atoms with E-state index in [1.54, 1.807) is 6.92 Å². The van der Waals surface area contributed by atoms with Crippen LogP contribution in [0, 0.1) is 0 Å². The van der Waals surface area contributed by atoms with Gasteiger partial charge in [-0.05, 0) is 32.3 Å². The van der Waals surface area contributed by atoms with Crippen LogP contribution in [0.5, 0.6) is 0 Å². The summed E-state index contributed by atoms with van der Waals surface area (Å²) in [5.74, 6) is 0.505. The van der Waals surface area contributed by atoms with E-state index >= 15 is 0 Å². The van der Waals surface area contributed by atoms with E-state index in [9.17, 15) is 0 Å². The van der Waals surface area contributed by atoms with Gasteiger partial charge in [-0.25, -0.2) is 0 Å². The van der Waals surface area contributed by atoms with E-state index in [0.717, 1.165) is 12.0 Å². The van der Waals surface area contributed by atoms with Crippen molar-refractivity contribution in [2.75, 3.05) is 0 Å². The molecule has 0 unspecified atom stereocenters. The minimum Gasteiger partial charge on any atom is -0.513 e. The summed E-state index contributed by atoms with van der Waals surface area (Å²) in [5, 5.41) is 9.10. The van der Waals surface area contributed by atoms with Crippen molar-refractivity contribution in [2.45, 2.75) is 59.3 Å². The van der Waals surface area contributed by atoms with Gasteiger partial charge in [-0.3, -0.25) is 0 Å². The second-order valence-corrected chi connectivity index (χ2v) is 3.53. The second-order valence-electron chi connectivity index (χ2n) is 3.53. The molecule has 0 amide bonds. The number of hydrogen-bond donors (Lipinski definition) is 1. The first-order valence-electron chi connectivity index (χ1n) is 5.03. The van der Waals surface area contributed by atoms with Gasteiger partial charge in [-0.2, -0.15) is 0 Å². The topological polar surface area (TPSA) is 20.2 Å². The van der Waals surface area contributed by atoms with Crippen LogP contribution in [-0.2, 0) is 0 Å². The van der Waals surface area contributed by atoms with E-state index in [0.29, 0.717) is 5.76 Å². The molecule has 1 N–H and O–H groups in total. The van der Waals surface area contributed by atoms with Gasteiger partial charge < -0.3 is 5.11 Å². The summed E-state index contributed by atoms with van der Waals surface area (Å²) in [6, 6.07) is 0. The molecule has 0 saturated carbocycles. The quantitative estimate of drug-likeness (QED) is 0.468. The van der Waals surface area contributed by atoms with E-state index in [1.807, 2.05) is 6.92 Å². The van der Waals surface area contributed by atoms with E-state index in [4.69, 9.17) is 5.11 Å². The average Bonchev–Trinajstić information content (AvgIpc) is 2.03. The molecule has 0 spiro atoms. The average molecular weight is 170 g/mol. The third-order valence-corrected chi connectivity index (χ3v) is 2.27. The van der Waals surface area contributed by atoms with Gasteiger partial charge in [0.05, 0.1) is 5.76 Å². The van der Waals surface area contributed by atoms with Gasteiger partial charge in [0, 0.05) is 0 Å². The zero-order valence-electron chi connectivity index (χ0n) is 8.69. The van der Waals surface area contributed by atoms with Gasteiger partial charge in [-0.15, -0.1) is 0 Å². The first-order chi connectivity index (χ1) is 5.68. The molecule has 0 aliphatic heterocycles. The molecule has 0 heterocycles. The largest absolute Gasteiger partial charge is 0.513 e. The van der Waals surface area contributed by atoms with Gasteiger partial charge in [0.2, 0.25) is 0 Å². The molecule has 0 aromatic carbocycles. The Morgan fingerprint density at radius 3 is 2.08 bits per heavy atom. The highest BCUT2D eigenvalue weighted by atomic mass is 16.3. The molecule has 0 bridgehead atoms. The molecular formula is C11H22O. The van der Waals surface area contributed by atoms with Gasteiger partial charge in [-0.1, -0.05) is 32.6 Å². The van der Waals surface area contributed by atoms with E-state index in [2.05, 4.69) is 6.92 Å². The molecular weight excluding hydrogens is 148 g/mol. The van der Waals surface area contributed by atoms with Crippen molar-refractivity contribution in [1.82, 2.24) is 0 Å². The van der Waals surface area contributed by atoms with Crippen molar-refractivity contribution in [2.24, 2.45) is 0 Å². The molecule has 0 atom stereocenters. The minimum atomic E-state index is 0.505. The Morgan fingerprint density at radius 1 is 1.00 bits per heavy atom. The SMILES string of the molecule is CCCCCCCC(C)=C(C)O. The molecule has 1 nitrogen and oxygen atoms in total. The third-order valence-electron chi connectivity index (χ3n) is 2.27. The molecule has 1 heteroatoms.